The van der Waals surface area contributed by atoms with Crippen LogP contribution >= 0.6 is 22.6 Å². The molecule has 0 unspecified atom stereocenters. The summed E-state index contributed by atoms with van der Waals surface area (Å²) >= 11 is 2.01. The van der Waals surface area contributed by atoms with Gasteiger partial charge in [0.25, 0.3) is 5.91 Å². The average Bonchev–Trinajstić information content (AvgIpc) is 2.49. The second-order valence-corrected chi connectivity index (χ2v) is 6.10. The lowest BCUT2D eigenvalue weighted by Crippen LogP contribution is -2.19. The first-order valence-corrected chi connectivity index (χ1v) is 7.85. The lowest BCUT2D eigenvalue weighted by Gasteiger charge is -2.20. The number of carbonyl (C=O) groups excluding carboxylic acids is 1. The molecule has 0 aliphatic carbocycles. The number of nitrogens with one attached hydrogen (secondary N) is 2. The quantitative estimate of drug-likeness (QED) is 0.753. The van der Waals surface area contributed by atoms with Gasteiger partial charge in [-0.25, -0.2) is 4.39 Å². The van der Waals surface area contributed by atoms with E-state index < -0.39 is 0 Å². The molecule has 0 spiro atoms. The molecule has 0 atom stereocenters. The van der Waals surface area contributed by atoms with Crippen LogP contribution in [0.25, 0.3) is 0 Å². The first kappa shape index (κ1) is 14.3. The predicted octanol–water partition coefficient (Wildman–Crippen LogP) is 4.04. The van der Waals surface area contributed by atoms with Crippen molar-refractivity contribution >= 4 is 39.9 Å². The fourth-order valence-electron chi connectivity index (χ4n) is 2.50. The monoisotopic (exact) mass is 396 g/mol. The van der Waals surface area contributed by atoms with Gasteiger partial charge in [-0.15, -0.1) is 0 Å². The Morgan fingerprint density at radius 2 is 2.14 bits per heavy atom. The van der Waals surface area contributed by atoms with Crippen molar-refractivity contribution < 1.29 is 9.18 Å². The molecular weight excluding hydrogens is 382 g/mol. The topological polar surface area (TPSA) is 41.1 Å². The van der Waals surface area contributed by atoms with Gasteiger partial charge in [0.1, 0.15) is 5.82 Å². The maximum atomic E-state index is 13.1. The minimum absolute atomic E-state index is 0.153. The summed E-state index contributed by atoms with van der Waals surface area (Å²) in [7, 11) is 0. The Morgan fingerprint density at radius 3 is 2.95 bits per heavy atom. The van der Waals surface area contributed by atoms with Crippen molar-refractivity contribution in [1.82, 2.24) is 0 Å². The van der Waals surface area contributed by atoms with Crippen molar-refractivity contribution in [2.24, 2.45) is 0 Å². The van der Waals surface area contributed by atoms with Gasteiger partial charge in [0.15, 0.2) is 0 Å². The van der Waals surface area contributed by atoms with Crippen LogP contribution in [0, 0.1) is 9.39 Å². The lowest BCUT2D eigenvalue weighted by molar-refractivity contribution is 0.102. The molecule has 0 aromatic heterocycles. The van der Waals surface area contributed by atoms with E-state index in [9.17, 15) is 9.18 Å². The normalized spacial score (nSPS) is 13.2. The zero-order chi connectivity index (χ0) is 14.8. The third-order valence-corrected chi connectivity index (χ3v) is 4.41. The summed E-state index contributed by atoms with van der Waals surface area (Å²) in [5, 5.41) is 6.17. The Labute approximate surface area is 136 Å². The van der Waals surface area contributed by atoms with Gasteiger partial charge >= 0.3 is 0 Å². The number of anilines is 2. The highest BCUT2D eigenvalue weighted by atomic mass is 127. The number of halogens is 2. The summed E-state index contributed by atoms with van der Waals surface area (Å²) in [4.78, 5) is 12.5. The highest BCUT2D eigenvalue weighted by molar-refractivity contribution is 14.1. The van der Waals surface area contributed by atoms with Crippen LogP contribution in [0.1, 0.15) is 22.3 Å². The fraction of sp³-hybridized carbons (Fsp3) is 0.188. The van der Waals surface area contributed by atoms with Crippen LogP contribution in [0.2, 0.25) is 0 Å². The molecule has 5 heteroatoms. The Bertz CT molecular complexity index is 703. The summed E-state index contributed by atoms with van der Waals surface area (Å²) in [6.45, 7) is 0.938. The zero-order valence-electron chi connectivity index (χ0n) is 11.2. The number of benzene rings is 2. The second kappa shape index (κ2) is 6.01. The molecule has 0 saturated carbocycles. The van der Waals surface area contributed by atoms with Crippen molar-refractivity contribution in [3.63, 3.8) is 0 Å². The fourth-order valence-corrected chi connectivity index (χ4v) is 3.12. The third-order valence-electron chi connectivity index (χ3n) is 3.52. The van der Waals surface area contributed by atoms with Crippen LogP contribution < -0.4 is 10.6 Å². The van der Waals surface area contributed by atoms with Crippen molar-refractivity contribution in [3.8, 4) is 0 Å². The van der Waals surface area contributed by atoms with E-state index in [4.69, 9.17) is 0 Å². The summed E-state index contributed by atoms with van der Waals surface area (Å²) in [5.41, 5.74) is 3.39. The molecule has 2 aromatic rings. The number of hydrogen-bond acceptors (Lipinski definition) is 2. The molecule has 2 aromatic carbocycles. The third kappa shape index (κ3) is 3.02. The Kier molecular flexibility index (Phi) is 4.10. The number of amides is 1. The van der Waals surface area contributed by atoms with Crippen LogP contribution in [-0.4, -0.2) is 12.5 Å². The predicted molar refractivity (Wildman–Crippen MR) is 90.3 cm³/mol. The highest BCUT2D eigenvalue weighted by Crippen LogP contribution is 2.27. The van der Waals surface area contributed by atoms with E-state index in [0.717, 1.165) is 30.6 Å². The van der Waals surface area contributed by atoms with Gasteiger partial charge in [-0.1, -0.05) is 6.07 Å². The summed E-state index contributed by atoms with van der Waals surface area (Å²) < 4.78 is 13.8. The molecule has 1 heterocycles. The van der Waals surface area contributed by atoms with Gasteiger partial charge < -0.3 is 10.6 Å². The summed E-state index contributed by atoms with van der Waals surface area (Å²) in [5.74, 6) is -0.459. The molecule has 1 amide bonds. The maximum Gasteiger partial charge on any atom is 0.256 e. The van der Waals surface area contributed by atoms with E-state index in [1.165, 1.54) is 12.1 Å². The maximum absolute atomic E-state index is 13.1. The number of hydrogen-bond donors (Lipinski definition) is 2. The van der Waals surface area contributed by atoms with E-state index in [1.807, 2.05) is 40.8 Å². The minimum atomic E-state index is -0.307. The number of rotatable bonds is 2. The highest BCUT2D eigenvalue weighted by Gasteiger charge is 2.18. The van der Waals surface area contributed by atoms with E-state index >= 15 is 0 Å². The zero-order valence-corrected chi connectivity index (χ0v) is 13.4. The molecular formula is C16H14FIN2O. The molecule has 108 valence electrons. The minimum Gasteiger partial charge on any atom is -0.385 e. The van der Waals surface area contributed by atoms with Gasteiger partial charge in [-0.05, 0) is 71.3 Å². The van der Waals surface area contributed by atoms with Crippen LogP contribution in [0.4, 0.5) is 15.8 Å². The van der Waals surface area contributed by atoms with Gasteiger partial charge in [-0.3, -0.25) is 4.79 Å². The smallest absolute Gasteiger partial charge is 0.256 e. The molecule has 1 aliphatic heterocycles. The van der Waals surface area contributed by atoms with Crippen LogP contribution in [-0.2, 0) is 6.42 Å². The van der Waals surface area contributed by atoms with Gasteiger partial charge in [-0.2, -0.15) is 0 Å². The van der Waals surface area contributed by atoms with Crippen molar-refractivity contribution in [2.45, 2.75) is 12.8 Å². The second-order valence-electron chi connectivity index (χ2n) is 4.94. The number of fused-ring (bicyclic) bond motifs is 1. The molecule has 3 nitrogen and oxygen atoms in total. The lowest BCUT2D eigenvalue weighted by atomic mass is 9.97. The van der Waals surface area contributed by atoms with Crippen molar-refractivity contribution in [3.05, 3.63) is 56.9 Å². The molecule has 21 heavy (non-hydrogen) atoms. The van der Waals surface area contributed by atoms with E-state index in [0.29, 0.717) is 14.8 Å². The van der Waals surface area contributed by atoms with Gasteiger partial charge in [0.05, 0.1) is 5.69 Å². The van der Waals surface area contributed by atoms with Crippen LogP contribution in [0.15, 0.2) is 36.4 Å². The molecule has 0 bridgehead atoms. The largest absolute Gasteiger partial charge is 0.385 e. The standard InChI is InChI=1S/C16H14FIN2O/c17-10-6-7-15(13(18)9-10)20-16(21)12-3-1-5-14-11(12)4-2-8-19-14/h1,3,5-7,9,19H,2,4,8H2,(H,20,21). The van der Waals surface area contributed by atoms with Gasteiger partial charge in [0.2, 0.25) is 0 Å². The number of carbonyl (C=O) groups is 1. The van der Waals surface area contributed by atoms with Crippen LogP contribution in [0.3, 0.4) is 0 Å². The Morgan fingerprint density at radius 1 is 1.29 bits per heavy atom. The van der Waals surface area contributed by atoms with E-state index in [2.05, 4.69) is 10.6 Å². The molecule has 0 radical (unpaired) electrons. The summed E-state index contributed by atoms with van der Waals surface area (Å²) in [6, 6.07) is 10.0. The van der Waals surface area contributed by atoms with Crippen LogP contribution in [0.5, 0.6) is 0 Å². The molecule has 1 aliphatic rings. The molecule has 2 N–H and O–H groups in total. The first-order valence-electron chi connectivity index (χ1n) is 6.77. The summed E-state index contributed by atoms with van der Waals surface area (Å²) in [6.07, 6.45) is 1.91. The first-order chi connectivity index (χ1) is 10.1. The van der Waals surface area contributed by atoms with Gasteiger partial charge in [0, 0.05) is 21.4 Å². The van der Waals surface area contributed by atoms with Crippen molar-refractivity contribution in [1.29, 1.82) is 0 Å². The van der Waals surface area contributed by atoms with E-state index in [1.54, 1.807) is 6.07 Å². The Hall–Kier alpha value is -1.63. The Balaban J connectivity index is 1.89. The average molecular weight is 396 g/mol. The van der Waals surface area contributed by atoms with E-state index in [-0.39, 0.29) is 11.7 Å². The van der Waals surface area contributed by atoms with Crippen molar-refractivity contribution in [2.75, 3.05) is 17.2 Å². The molecule has 0 fully saturated rings. The SMILES string of the molecule is O=C(Nc1ccc(F)cc1I)c1cccc2c1CCCN2. The molecule has 0 saturated heterocycles. The molecule has 3 rings (SSSR count).